The van der Waals surface area contributed by atoms with E-state index in [1.54, 1.807) is 11.1 Å². The minimum absolute atomic E-state index is 0.726. The molecular formula is C16H24N2. The summed E-state index contributed by atoms with van der Waals surface area (Å²) in [5, 5.41) is 3.70. The van der Waals surface area contributed by atoms with Gasteiger partial charge in [-0.05, 0) is 69.3 Å². The topological polar surface area (TPSA) is 15.3 Å². The largest absolute Gasteiger partial charge is 0.383 e. The molecule has 2 aliphatic rings. The third kappa shape index (κ3) is 2.39. The standard InChI is InChI=1S/C16H24N2/c1-18-11-5-8-14(18)12-17-16-10-4-7-13-6-2-3-9-15(13)16/h4,7,10,14,17H,2-3,5-6,8-9,11-12H2,1H3/t14-/m0/s1. The van der Waals surface area contributed by atoms with Crippen LogP contribution in [-0.4, -0.2) is 31.1 Å². The van der Waals surface area contributed by atoms with Gasteiger partial charge < -0.3 is 10.2 Å². The number of likely N-dealkylation sites (tertiary alicyclic amines) is 1. The molecule has 1 aromatic rings. The van der Waals surface area contributed by atoms with Gasteiger partial charge in [0, 0.05) is 18.3 Å². The monoisotopic (exact) mass is 244 g/mol. The Kier molecular flexibility index (Phi) is 3.55. The fraction of sp³-hybridized carbons (Fsp3) is 0.625. The van der Waals surface area contributed by atoms with Crippen LogP contribution in [-0.2, 0) is 12.8 Å². The highest BCUT2D eigenvalue weighted by molar-refractivity contribution is 5.55. The number of fused-ring (bicyclic) bond motifs is 1. The average Bonchev–Trinajstić information content (AvgIpc) is 2.82. The molecule has 1 aliphatic heterocycles. The van der Waals surface area contributed by atoms with Crippen LogP contribution in [0.3, 0.4) is 0 Å². The molecule has 1 N–H and O–H groups in total. The van der Waals surface area contributed by atoms with Crippen molar-refractivity contribution in [1.29, 1.82) is 0 Å². The molecule has 2 nitrogen and oxygen atoms in total. The van der Waals surface area contributed by atoms with Gasteiger partial charge in [-0.1, -0.05) is 12.1 Å². The van der Waals surface area contributed by atoms with E-state index < -0.39 is 0 Å². The molecule has 3 rings (SSSR count). The lowest BCUT2D eigenvalue weighted by molar-refractivity contribution is 0.322. The molecule has 0 bridgehead atoms. The maximum absolute atomic E-state index is 3.70. The number of hydrogen-bond donors (Lipinski definition) is 1. The van der Waals surface area contributed by atoms with Crippen LogP contribution >= 0.6 is 0 Å². The van der Waals surface area contributed by atoms with Gasteiger partial charge in [0.15, 0.2) is 0 Å². The Bertz CT molecular complexity index is 414. The van der Waals surface area contributed by atoms with Gasteiger partial charge in [0.2, 0.25) is 0 Å². The minimum atomic E-state index is 0.726. The van der Waals surface area contributed by atoms with Gasteiger partial charge in [0.05, 0.1) is 0 Å². The lowest BCUT2D eigenvalue weighted by Crippen LogP contribution is -2.31. The van der Waals surface area contributed by atoms with Crippen LogP contribution in [0.25, 0.3) is 0 Å². The smallest absolute Gasteiger partial charge is 0.0376 e. The lowest BCUT2D eigenvalue weighted by Gasteiger charge is -2.24. The summed E-state index contributed by atoms with van der Waals surface area (Å²) in [5.74, 6) is 0. The van der Waals surface area contributed by atoms with Crippen LogP contribution in [0, 0.1) is 0 Å². The Morgan fingerprint density at radius 3 is 2.94 bits per heavy atom. The number of anilines is 1. The molecule has 0 unspecified atom stereocenters. The van der Waals surface area contributed by atoms with Crippen molar-refractivity contribution in [2.24, 2.45) is 0 Å². The van der Waals surface area contributed by atoms with Crippen molar-refractivity contribution in [2.75, 3.05) is 25.5 Å². The summed E-state index contributed by atoms with van der Waals surface area (Å²) in [6.45, 7) is 2.37. The van der Waals surface area contributed by atoms with Crippen LogP contribution in [0.15, 0.2) is 18.2 Å². The number of hydrogen-bond acceptors (Lipinski definition) is 2. The SMILES string of the molecule is CN1CCC[C@H]1CNc1cccc2c1CCCC2. The average molecular weight is 244 g/mol. The second-order valence-corrected chi connectivity index (χ2v) is 5.81. The molecule has 1 saturated heterocycles. The van der Waals surface area contributed by atoms with E-state index in [9.17, 15) is 0 Å². The van der Waals surface area contributed by atoms with Crippen molar-refractivity contribution < 1.29 is 0 Å². The first-order valence-corrected chi connectivity index (χ1v) is 7.39. The molecule has 18 heavy (non-hydrogen) atoms. The summed E-state index contributed by atoms with van der Waals surface area (Å²) in [6.07, 6.45) is 7.96. The van der Waals surface area contributed by atoms with Gasteiger partial charge in [0.1, 0.15) is 0 Å². The van der Waals surface area contributed by atoms with Crippen LogP contribution in [0.1, 0.15) is 36.8 Å². The second kappa shape index (κ2) is 5.31. The first-order valence-electron chi connectivity index (χ1n) is 7.39. The van der Waals surface area contributed by atoms with E-state index in [2.05, 4.69) is 35.5 Å². The highest BCUT2D eigenvalue weighted by atomic mass is 15.2. The van der Waals surface area contributed by atoms with Crippen molar-refractivity contribution in [1.82, 2.24) is 4.90 Å². The van der Waals surface area contributed by atoms with Crippen molar-refractivity contribution in [3.8, 4) is 0 Å². The minimum Gasteiger partial charge on any atom is -0.383 e. The molecule has 0 amide bonds. The molecule has 2 heteroatoms. The van der Waals surface area contributed by atoms with Gasteiger partial charge >= 0.3 is 0 Å². The quantitative estimate of drug-likeness (QED) is 0.879. The van der Waals surface area contributed by atoms with E-state index in [1.807, 2.05) is 0 Å². The van der Waals surface area contributed by atoms with Crippen LogP contribution in [0.2, 0.25) is 0 Å². The van der Waals surface area contributed by atoms with Gasteiger partial charge in [-0.2, -0.15) is 0 Å². The summed E-state index contributed by atoms with van der Waals surface area (Å²) < 4.78 is 0. The zero-order chi connectivity index (χ0) is 12.4. The first-order chi connectivity index (χ1) is 8.84. The molecule has 1 atom stereocenters. The maximum Gasteiger partial charge on any atom is 0.0376 e. The fourth-order valence-corrected chi connectivity index (χ4v) is 3.41. The highest BCUT2D eigenvalue weighted by Crippen LogP contribution is 2.28. The van der Waals surface area contributed by atoms with Gasteiger partial charge in [-0.15, -0.1) is 0 Å². The second-order valence-electron chi connectivity index (χ2n) is 5.81. The summed E-state index contributed by atoms with van der Waals surface area (Å²) in [7, 11) is 2.25. The lowest BCUT2D eigenvalue weighted by atomic mass is 9.90. The van der Waals surface area contributed by atoms with E-state index in [-0.39, 0.29) is 0 Å². The number of aryl methyl sites for hydroxylation is 1. The van der Waals surface area contributed by atoms with E-state index in [4.69, 9.17) is 0 Å². The van der Waals surface area contributed by atoms with E-state index >= 15 is 0 Å². The normalized spacial score (nSPS) is 23.9. The molecule has 0 saturated carbocycles. The molecule has 0 spiro atoms. The summed E-state index contributed by atoms with van der Waals surface area (Å²) in [6, 6.07) is 7.51. The van der Waals surface area contributed by atoms with Gasteiger partial charge in [0.25, 0.3) is 0 Å². The van der Waals surface area contributed by atoms with E-state index in [0.717, 1.165) is 12.6 Å². The molecular weight excluding hydrogens is 220 g/mol. The predicted molar refractivity (Wildman–Crippen MR) is 77.2 cm³/mol. The third-order valence-electron chi connectivity index (χ3n) is 4.60. The van der Waals surface area contributed by atoms with Crippen molar-refractivity contribution in [3.63, 3.8) is 0 Å². The molecule has 0 aromatic heterocycles. The summed E-state index contributed by atoms with van der Waals surface area (Å²) >= 11 is 0. The summed E-state index contributed by atoms with van der Waals surface area (Å²) in [4.78, 5) is 2.49. The van der Waals surface area contributed by atoms with E-state index in [0.29, 0.717) is 0 Å². The Hall–Kier alpha value is -1.02. The van der Waals surface area contributed by atoms with Gasteiger partial charge in [-0.25, -0.2) is 0 Å². The number of likely N-dealkylation sites (N-methyl/N-ethyl adjacent to an activating group) is 1. The molecule has 1 aliphatic carbocycles. The highest BCUT2D eigenvalue weighted by Gasteiger charge is 2.21. The molecule has 98 valence electrons. The Morgan fingerprint density at radius 1 is 1.22 bits per heavy atom. The van der Waals surface area contributed by atoms with Crippen LogP contribution in [0.4, 0.5) is 5.69 Å². The maximum atomic E-state index is 3.70. The van der Waals surface area contributed by atoms with Crippen LogP contribution < -0.4 is 5.32 Å². The molecule has 1 aromatic carbocycles. The number of rotatable bonds is 3. The Morgan fingerprint density at radius 2 is 2.11 bits per heavy atom. The molecule has 1 fully saturated rings. The zero-order valence-electron chi connectivity index (χ0n) is 11.4. The zero-order valence-corrected chi connectivity index (χ0v) is 11.4. The van der Waals surface area contributed by atoms with Gasteiger partial charge in [-0.3, -0.25) is 0 Å². The first kappa shape index (κ1) is 12.0. The van der Waals surface area contributed by atoms with Crippen molar-refractivity contribution in [2.45, 2.75) is 44.6 Å². The van der Waals surface area contributed by atoms with E-state index in [1.165, 1.54) is 50.8 Å². The number of benzene rings is 1. The Balaban J connectivity index is 1.69. The van der Waals surface area contributed by atoms with Crippen molar-refractivity contribution >= 4 is 5.69 Å². The predicted octanol–water partition coefficient (Wildman–Crippen LogP) is 3.07. The fourth-order valence-electron chi connectivity index (χ4n) is 3.41. The molecule has 0 radical (unpaired) electrons. The number of nitrogens with zero attached hydrogens (tertiary/aromatic N) is 1. The molecule has 1 heterocycles. The third-order valence-corrected chi connectivity index (χ3v) is 4.60. The summed E-state index contributed by atoms with van der Waals surface area (Å²) in [5.41, 5.74) is 4.56. The Labute approximate surface area is 110 Å². The number of nitrogens with one attached hydrogen (secondary N) is 1. The van der Waals surface area contributed by atoms with Crippen molar-refractivity contribution in [3.05, 3.63) is 29.3 Å². The van der Waals surface area contributed by atoms with Crippen LogP contribution in [0.5, 0.6) is 0 Å².